The number of ether oxygens (including phenoxy) is 5. The summed E-state index contributed by atoms with van der Waals surface area (Å²) in [5.41, 5.74) is 3.14. The maximum absolute atomic E-state index is 12.3. The molecule has 1 aliphatic heterocycles. The first kappa shape index (κ1) is 20.5. The Morgan fingerprint density at radius 2 is 1.88 bits per heavy atom. The van der Waals surface area contributed by atoms with Crippen LogP contribution in [0.25, 0.3) is 0 Å². The Morgan fingerprint density at radius 3 is 2.54 bits per heavy atom. The second-order valence-electron chi connectivity index (χ2n) is 6.73. The molecular formula is C20H30O6. The van der Waals surface area contributed by atoms with E-state index in [2.05, 4.69) is 0 Å². The van der Waals surface area contributed by atoms with Crippen molar-refractivity contribution in [2.24, 2.45) is 0 Å². The molecule has 0 aliphatic carbocycles. The summed E-state index contributed by atoms with van der Waals surface area (Å²) >= 11 is 0. The number of hydrogen-bond donors (Lipinski definition) is 0. The summed E-state index contributed by atoms with van der Waals surface area (Å²) < 4.78 is 27.6. The molecule has 0 N–H and O–H groups in total. The highest BCUT2D eigenvalue weighted by Crippen LogP contribution is 2.44. The lowest BCUT2D eigenvalue weighted by molar-refractivity contribution is -0.161. The quantitative estimate of drug-likeness (QED) is 0.400. The predicted molar refractivity (Wildman–Crippen MR) is 98.0 cm³/mol. The van der Waals surface area contributed by atoms with Crippen molar-refractivity contribution in [3.63, 3.8) is 0 Å². The zero-order valence-corrected chi connectivity index (χ0v) is 16.7. The number of carbonyl (C=O) groups excluding carboxylic acids is 1. The van der Waals surface area contributed by atoms with Gasteiger partial charge in [0.15, 0.2) is 6.79 Å². The molecule has 0 aromatic heterocycles. The first-order chi connectivity index (χ1) is 12.4. The van der Waals surface area contributed by atoms with Gasteiger partial charge in [0, 0.05) is 19.1 Å². The van der Waals surface area contributed by atoms with Crippen LogP contribution in [0.5, 0.6) is 11.5 Å². The van der Waals surface area contributed by atoms with Gasteiger partial charge < -0.3 is 23.7 Å². The lowest BCUT2D eigenvalue weighted by Gasteiger charge is -2.36. The normalized spacial score (nSPS) is 18.8. The van der Waals surface area contributed by atoms with Gasteiger partial charge in [0.05, 0.1) is 19.8 Å². The fraction of sp³-hybridized carbons (Fsp3) is 0.650. The zero-order chi connectivity index (χ0) is 19.3. The summed E-state index contributed by atoms with van der Waals surface area (Å²) in [4.78, 5) is 12.3. The van der Waals surface area contributed by atoms with Crippen LogP contribution in [0.2, 0.25) is 0 Å². The molecule has 1 heterocycles. The first-order valence-corrected chi connectivity index (χ1v) is 9.04. The molecule has 0 fully saturated rings. The van der Waals surface area contributed by atoms with Crippen LogP contribution in [0.15, 0.2) is 0 Å². The minimum Gasteiger partial charge on any atom is -0.475 e. The summed E-state index contributed by atoms with van der Waals surface area (Å²) in [6, 6.07) is 0. The minimum atomic E-state index is -0.946. The van der Waals surface area contributed by atoms with Crippen LogP contribution in [-0.4, -0.2) is 45.3 Å². The highest BCUT2D eigenvalue weighted by molar-refractivity contribution is 5.80. The van der Waals surface area contributed by atoms with Crippen molar-refractivity contribution in [1.29, 1.82) is 0 Å². The van der Waals surface area contributed by atoms with Gasteiger partial charge in [-0.05, 0) is 57.7 Å². The van der Waals surface area contributed by atoms with E-state index in [1.54, 1.807) is 21.0 Å². The number of methoxy groups -OCH3 is 1. The summed E-state index contributed by atoms with van der Waals surface area (Å²) in [5, 5.41) is 0. The van der Waals surface area contributed by atoms with E-state index in [0.717, 1.165) is 40.2 Å². The molecule has 0 saturated carbocycles. The van der Waals surface area contributed by atoms with Crippen LogP contribution in [-0.2, 0) is 25.4 Å². The van der Waals surface area contributed by atoms with Crippen molar-refractivity contribution in [1.82, 2.24) is 0 Å². The largest absolute Gasteiger partial charge is 0.475 e. The molecule has 2 rings (SSSR count). The van der Waals surface area contributed by atoms with E-state index in [4.69, 9.17) is 23.7 Å². The van der Waals surface area contributed by atoms with Crippen molar-refractivity contribution >= 4 is 5.97 Å². The van der Waals surface area contributed by atoms with Crippen molar-refractivity contribution < 1.29 is 28.5 Å². The van der Waals surface area contributed by atoms with Crippen molar-refractivity contribution in [3.05, 3.63) is 22.3 Å². The fourth-order valence-corrected chi connectivity index (χ4v) is 3.18. The van der Waals surface area contributed by atoms with Crippen molar-refractivity contribution in [2.75, 3.05) is 33.7 Å². The fourth-order valence-electron chi connectivity index (χ4n) is 3.18. The predicted octanol–water partition coefficient (Wildman–Crippen LogP) is 3.26. The van der Waals surface area contributed by atoms with E-state index in [9.17, 15) is 4.79 Å². The Labute approximate surface area is 155 Å². The SMILES string of the molecule is CCOC(=O)[C@]1(C)CCc2c(C)c(OCOCCOC)c(C)c(C)c2O1. The maximum Gasteiger partial charge on any atom is 0.350 e. The minimum absolute atomic E-state index is 0.171. The van der Waals surface area contributed by atoms with E-state index in [0.29, 0.717) is 26.2 Å². The monoisotopic (exact) mass is 366 g/mol. The van der Waals surface area contributed by atoms with Gasteiger partial charge in [-0.1, -0.05) is 0 Å². The standard InChI is InChI=1S/C20H30O6/c1-7-24-19(21)20(5)9-8-16-15(4)17(25-12-23-11-10-22-6)13(2)14(3)18(16)26-20/h7-12H2,1-6H3/t20-/m0/s1. The molecule has 0 bridgehead atoms. The van der Waals surface area contributed by atoms with Gasteiger partial charge in [0.2, 0.25) is 5.60 Å². The molecule has 1 aromatic carbocycles. The molecule has 146 valence electrons. The summed E-state index contributed by atoms with van der Waals surface area (Å²) in [7, 11) is 1.63. The van der Waals surface area contributed by atoms with Crippen LogP contribution in [0.1, 0.15) is 42.5 Å². The number of rotatable bonds is 8. The molecule has 1 atom stereocenters. The van der Waals surface area contributed by atoms with Crippen LogP contribution in [0, 0.1) is 20.8 Å². The maximum atomic E-state index is 12.3. The summed E-state index contributed by atoms with van der Waals surface area (Å²) in [6.45, 7) is 11.1. The zero-order valence-electron chi connectivity index (χ0n) is 16.7. The molecule has 0 unspecified atom stereocenters. The van der Waals surface area contributed by atoms with Crippen LogP contribution >= 0.6 is 0 Å². The van der Waals surface area contributed by atoms with Crippen LogP contribution < -0.4 is 9.47 Å². The van der Waals surface area contributed by atoms with Gasteiger partial charge in [-0.15, -0.1) is 0 Å². The summed E-state index contributed by atoms with van der Waals surface area (Å²) in [6.07, 6.45) is 1.31. The molecule has 0 saturated heterocycles. The highest BCUT2D eigenvalue weighted by atomic mass is 16.7. The number of esters is 1. The van der Waals surface area contributed by atoms with Crippen LogP contribution in [0.4, 0.5) is 0 Å². The third-order valence-corrected chi connectivity index (χ3v) is 4.92. The average molecular weight is 366 g/mol. The number of benzene rings is 1. The van der Waals surface area contributed by atoms with E-state index >= 15 is 0 Å². The topological polar surface area (TPSA) is 63.2 Å². The smallest absolute Gasteiger partial charge is 0.350 e. The molecule has 1 aliphatic rings. The third-order valence-electron chi connectivity index (χ3n) is 4.92. The lowest BCUT2D eigenvalue weighted by Crippen LogP contribution is -2.46. The average Bonchev–Trinajstić information content (AvgIpc) is 2.62. The third kappa shape index (κ3) is 4.13. The second kappa shape index (κ2) is 8.73. The summed E-state index contributed by atoms with van der Waals surface area (Å²) in [5.74, 6) is 1.28. The number of fused-ring (bicyclic) bond motifs is 1. The number of hydrogen-bond acceptors (Lipinski definition) is 6. The Kier molecular flexibility index (Phi) is 6.89. The highest BCUT2D eigenvalue weighted by Gasteiger charge is 2.42. The molecular weight excluding hydrogens is 336 g/mol. The molecule has 0 spiro atoms. The molecule has 0 radical (unpaired) electrons. The van der Waals surface area contributed by atoms with Crippen LogP contribution in [0.3, 0.4) is 0 Å². The first-order valence-electron chi connectivity index (χ1n) is 9.04. The molecule has 1 aromatic rings. The van der Waals surface area contributed by atoms with Gasteiger partial charge in [0.25, 0.3) is 0 Å². The van der Waals surface area contributed by atoms with E-state index < -0.39 is 5.60 Å². The Bertz CT molecular complexity index is 654. The Hall–Kier alpha value is -1.79. The van der Waals surface area contributed by atoms with Crippen molar-refractivity contribution in [2.45, 2.75) is 53.1 Å². The molecule has 0 amide bonds. The Balaban J connectivity index is 2.24. The van der Waals surface area contributed by atoms with Gasteiger partial charge in [0.1, 0.15) is 11.5 Å². The number of carbonyl (C=O) groups is 1. The van der Waals surface area contributed by atoms with E-state index in [1.165, 1.54) is 0 Å². The molecule has 26 heavy (non-hydrogen) atoms. The lowest BCUT2D eigenvalue weighted by atomic mass is 9.87. The van der Waals surface area contributed by atoms with Crippen molar-refractivity contribution in [3.8, 4) is 11.5 Å². The Morgan fingerprint density at radius 1 is 1.15 bits per heavy atom. The molecule has 6 heteroatoms. The van der Waals surface area contributed by atoms with E-state index in [1.807, 2.05) is 20.8 Å². The van der Waals surface area contributed by atoms with Gasteiger partial charge in [-0.25, -0.2) is 4.79 Å². The molecule has 6 nitrogen and oxygen atoms in total. The second-order valence-corrected chi connectivity index (χ2v) is 6.73. The van der Waals surface area contributed by atoms with E-state index in [-0.39, 0.29) is 12.8 Å². The van der Waals surface area contributed by atoms with Gasteiger partial charge in [-0.2, -0.15) is 0 Å². The van der Waals surface area contributed by atoms with Gasteiger partial charge >= 0.3 is 5.97 Å². The van der Waals surface area contributed by atoms with Gasteiger partial charge in [-0.3, -0.25) is 0 Å².